The van der Waals surface area contributed by atoms with Crippen molar-refractivity contribution in [1.82, 2.24) is 9.78 Å². The summed E-state index contributed by atoms with van der Waals surface area (Å²) in [6, 6.07) is 1.34. The summed E-state index contributed by atoms with van der Waals surface area (Å²) in [5.41, 5.74) is 0. The zero-order chi connectivity index (χ0) is 9.84. The van der Waals surface area contributed by atoms with Crippen molar-refractivity contribution in [2.24, 2.45) is 5.92 Å². The molecule has 1 atom stereocenters. The summed E-state index contributed by atoms with van der Waals surface area (Å²) in [5.74, 6) is -0.107. The molecule has 0 aliphatic heterocycles. The number of aromatic nitrogens is 2. The van der Waals surface area contributed by atoms with Crippen LogP contribution in [0.3, 0.4) is 0 Å². The summed E-state index contributed by atoms with van der Waals surface area (Å²) in [6.45, 7) is 2.38. The zero-order valence-electron chi connectivity index (χ0n) is 7.25. The van der Waals surface area contributed by atoms with Gasteiger partial charge in [0.15, 0.2) is 0 Å². The Labute approximate surface area is 74.9 Å². The van der Waals surface area contributed by atoms with E-state index in [-0.39, 0.29) is 18.3 Å². The van der Waals surface area contributed by atoms with Gasteiger partial charge in [0.25, 0.3) is 0 Å². The van der Waals surface area contributed by atoms with Crippen molar-refractivity contribution in [3.8, 4) is 0 Å². The molecule has 0 spiro atoms. The molecule has 13 heavy (non-hydrogen) atoms. The molecule has 1 unspecified atom stereocenters. The van der Waals surface area contributed by atoms with Gasteiger partial charge in [0.2, 0.25) is 0 Å². The minimum absolute atomic E-state index is 0.0493. The molecule has 0 fully saturated rings. The smallest absolute Gasteiger partial charge is 0.389 e. The highest BCUT2D eigenvalue weighted by Gasteiger charge is 2.12. The fourth-order valence-electron chi connectivity index (χ4n) is 0.927. The molecule has 1 heterocycles. The van der Waals surface area contributed by atoms with Crippen LogP contribution in [0.4, 0.5) is 5.82 Å². The van der Waals surface area contributed by atoms with E-state index in [0.29, 0.717) is 6.54 Å². The molecule has 0 radical (unpaired) electrons. The average Bonchev–Trinajstić information content (AvgIpc) is 2.52. The van der Waals surface area contributed by atoms with E-state index in [1.807, 2.05) is 6.92 Å². The van der Waals surface area contributed by atoms with E-state index in [1.165, 1.54) is 16.9 Å². The molecular weight excluding hydrogens is 174 g/mol. The molecule has 0 aliphatic rings. The highest BCUT2D eigenvalue weighted by atomic mass is 16.6. The highest BCUT2D eigenvalue weighted by Crippen LogP contribution is 2.07. The van der Waals surface area contributed by atoms with Crippen LogP contribution < -0.4 is 0 Å². The van der Waals surface area contributed by atoms with Gasteiger partial charge in [-0.3, -0.25) is 0 Å². The van der Waals surface area contributed by atoms with Crippen LogP contribution in [0.15, 0.2) is 12.3 Å². The van der Waals surface area contributed by atoms with Crippen molar-refractivity contribution in [3.63, 3.8) is 0 Å². The second-order valence-corrected chi connectivity index (χ2v) is 2.94. The van der Waals surface area contributed by atoms with E-state index in [9.17, 15) is 10.1 Å². The number of rotatable bonds is 4. The standard InChI is InChI=1S/C7H11N3O3/c1-6(5-11)4-9-3-2-7(8-9)10(12)13/h2-3,6,11H,4-5H2,1H3. The first kappa shape index (κ1) is 9.66. The molecule has 6 heteroatoms. The van der Waals surface area contributed by atoms with Gasteiger partial charge in [0.1, 0.15) is 0 Å². The molecule has 1 aromatic rings. The Morgan fingerprint density at radius 3 is 3.00 bits per heavy atom. The van der Waals surface area contributed by atoms with Gasteiger partial charge in [-0.25, -0.2) is 0 Å². The van der Waals surface area contributed by atoms with Crippen molar-refractivity contribution < 1.29 is 10.0 Å². The third kappa shape index (κ3) is 2.51. The Kier molecular flexibility index (Phi) is 2.97. The van der Waals surface area contributed by atoms with E-state index >= 15 is 0 Å². The quantitative estimate of drug-likeness (QED) is 0.544. The first-order valence-corrected chi connectivity index (χ1v) is 3.92. The number of hydrogen-bond acceptors (Lipinski definition) is 4. The number of hydrogen-bond donors (Lipinski definition) is 1. The summed E-state index contributed by atoms with van der Waals surface area (Å²) in [7, 11) is 0. The summed E-state index contributed by atoms with van der Waals surface area (Å²) >= 11 is 0. The molecule has 0 aliphatic carbocycles. The molecular formula is C7H11N3O3. The van der Waals surface area contributed by atoms with E-state index in [1.54, 1.807) is 0 Å². The summed E-state index contributed by atoms with van der Waals surface area (Å²) in [5, 5.41) is 22.7. The summed E-state index contributed by atoms with van der Waals surface area (Å²) in [6.07, 6.45) is 1.53. The Morgan fingerprint density at radius 1 is 1.85 bits per heavy atom. The molecule has 72 valence electrons. The third-order valence-corrected chi connectivity index (χ3v) is 1.62. The normalized spacial score (nSPS) is 12.8. The van der Waals surface area contributed by atoms with E-state index in [2.05, 4.69) is 5.10 Å². The van der Waals surface area contributed by atoms with Crippen LogP contribution in [0.5, 0.6) is 0 Å². The second-order valence-electron chi connectivity index (χ2n) is 2.94. The van der Waals surface area contributed by atoms with Gasteiger partial charge in [-0.15, -0.1) is 0 Å². The molecule has 1 N–H and O–H groups in total. The Balaban J connectivity index is 2.64. The lowest BCUT2D eigenvalue weighted by atomic mass is 10.2. The van der Waals surface area contributed by atoms with Crippen molar-refractivity contribution >= 4 is 5.82 Å². The lowest BCUT2D eigenvalue weighted by molar-refractivity contribution is -0.389. The predicted molar refractivity (Wildman–Crippen MR) is 45.1 cm³/mol. The van der Waals surface area contributed by atoms with E-state index in [0.717, 1.165) is 0 Å². The molecule has 0 saturated carbocycles. The lowest BCUT2D eigenvalue weighted by Crippen LogP contribution is -2.11. The molecule has 1 rings (SSSR count). The van der Waals surface area contributed by atoms with Crippen LogP contribution in [-0.4, -0.2) is 26.4 Å². The van der Waals surface area contributed by atoms with Gasteiger partial charge in [-0.05, 0) is 4.92 Å². The minimum atomic E-state index is -0.542. The van der Waals surface area contributed by atoms with Crippen LogP contribution in [0, 0.1) is 16.0 Å². The number of aliphatic hydroxyl groups is 1. The van der Waals surface area contributed by atoms with Crippen LogP contribution in [0.25, 0.3) is 0 Å². The molecule has 0 saturated heterocycles. The SMILES string of the molecule is CC(CO)Cn1ccc([N+](=O)[O-])n1. The number of nitro groups is 1. The van der Waals surface area contributed by atoms with Crippen LogP contribution in [0.1, 0.15) is 6.92 Å². The molecule has 6 nitrogen and oxygen atoms in total. The highest BCUT2D eigenvalue weighted by molar-refractivity contribution is 5.13. The van der Waals surface area contributed by atoms with Crippen molar-refractivity contribution in [3.05, 3.63) is 22.4 Å². The average molecular weight is 185 g/mol. The zero-order valence-corrected chi connectivity index (χ0v) is 7.25. The maximum absolute atomic E-state index is 10.2. The Hall–Kier alpha value is -1.43. The molecule has 0 aromatic carbocycles. The first-order chi connectivity index (χ1) is 6.13. The Morgan fingerprint density at radius 2 is 2.54 bits per heavy atom. The van der Waals surface area contributed by atoms with Crippen LogP contribution >= 0.6 is 0 Å². The lowest BCUT2D eigenvalue weighted by Gasteiger charge is -2.03. The van der Waals surface area contributed by atoms with E-state index in [4.69, 9.17) is 5.11 Å². The largest absolute Gasteiger partial charge is 0.396 e. The van der Waals surface area contributed by atoms with Crippen molar-refractivity contribution in [2.45, 2.75) is 13.5 Å². The van der Waals surface area contributed by atoms with Gasteiger partial charge in [0, 0.05) is 12.5 Å². The van der Waals surface area contributed by atoms with E-state index < -0.39 is 4.92 Å². The van der Waals surface area contributed by atoms with Crippen molar-refractivity contribution in [2.75, 3.05) is 6.61 Å². The minimum Gasteiger partial charge on any atom is -0.396 e. The summed E-state index contributed by atoms with van der Waals surface area (Å²) < 4.78 is 1.46. The monoisotopic (exact) mass is 185 g/mol. The fraction of sp³-hybridized carbons (Fsp3) is 0.571. The van der Waals surface area contributed by atoms with Crippen molar-refractivity contribution in [1.29, 1.82) is 0 Å². The first-order valence-electron chi connectivity index (χ1n) is 3.92. The molecule has 0 bridgehead atoms. The van der Waals surface area contributed by atoms with Gasteiger partial charge in [-0.2, -0.15) is 4.68 Å². The maximum Gasteiger partial charge on any atom is 0.389 e. The van der Waals surface area contributed by atoms with Gasteiger partial charge < -0.3 is 15.2 Å². The second kappa shape index (κ2) is 3.99. The van der Waals surface area contributed by atoms with Gasteiger partial charge >= 0.3 is 5.82 Å². The number of aliphatic hydroxyl groups excluding tert-OH is 1. The Bertz CT molecular complexity index is 297. The summed E-state index contributed by atoms with van der Waals surface area (Å²) in [4.78, 5) is 9.71. The van der Waals surface area contributed by atoms with Crippen LogP contribution in [-0.2, 0) is 6.54 Å². The molecule has 0 amide bonds. The van der Waals surface area contributed by atoms with Crippen LogP contribution in [0.2, 0.25) is 0 Å². The number of nitrogens with zero attached hydrogens (tertiary/aromatic N) is 3. The molecule has 1 aromatic heterocycles. The topological polar surface area (TPSA) is 81.2 Å². The third-order valence-electron chi connectivity index (χ3n) is 1.62. The predicted octanol–water partition coefficient (Wildman–Crippen LogP) is 0.420. The fourth-order valence-corrected chi connectivity index (χ4v) is 0.927. The van der Waals surface area contributed by atoms with Gasteiger partial charge in [-0.1, -0.05) is 6.92 Å². The van der Waals surface area contributed by atoms with Gasteiger partial charge in [0.05, 0.1) is 23.9 Å². The maximum atomic E-state index is 10.2.